The van der Waals surface area contributed by atoms with Crippen LogP contribution in [-0.2, 0) is 4.79 Å². The minimum absolute atomic E-state index is 0.534. The minimum Gasteiger partial charge on any atom is -0.299 e. The monoisotopic (exact) mass is 216 g/mol. The lowest BCUT2D eigenvalue weighted by molar-refractivity contribution is -0.126. The van der Waals surface area contributed by atoms with Crippen molar-refractivity contribution in [3.8, 4) is 0 Å². The third-order valence-electron chi connectivity index (χ3n) is 7.14. The summed E-state index contributed by atoms with van der Waals surface area (Å²) in [6.45, 7) is 0. The number of hydrogen-bond acceptors (Lipinski definition) is 1. The maximum absolute atomic E-state index is 11.9. The molecule has 8 atom stereocenters. The number of fused-ring (bicyclic) bond motifs is 12. The first kappa shape index (κ1) is 8.72. The highest BCUT2D eigenvalue weighted by atomic mass is 16.1. The zero-order chi connectivity index (χ0) is 10.4. The summed E-state index contributed by atoms with van der Waals surface area (Å²) in [6.07, 6.45) is 8.30. The van der Waals surface area contributed by atoms with E-state index in [9.17, 15) is 4.79 Å². The molecular weight excluding hydrogens is 196 g/mol. The molecule has 1 nitrogen and oxygen atoms in total. The van der Waals surface area contributed by atoms with Crippen LogP contribution in [0, 0.1) is 47.3 Å². The van der Waals surface area contributed by atoms with Gasteiger partial charge in [-0.05, 0) is 67.1 Å². The average Bonchev–Trinajstić information content (AvgIpc) is 2.99. The Morgan fingerprint density at radius 3 is 2.44 bits per heavy atom. The van der Waals surface area contributed by atoms with E-state index in [1.54, 1.807) is 0 Å². The van der Waals surface area contributed by atoms with Crippen molar-refractivity contribution in [2.75, 3.05) is 0 Å². The van der Waals surface area contributed by atoms with Crippen LogP contribution >= 0.6 is 0 Å². The van der Waals surface area contributed by atoms with Crippen molar-refractivity contribution >= 4 is 5.78 Å². The summed E-state index contributed by atoms with van der Waals surface area (Å²) in [5.74, 6) is 8.09. The second-order valence-electron chi connectivity index (χ2n) is 7.25. The third-order valence-corrected chi connectivity index (χ3v) is 7.14. The molecule has 0 aromatic heterocycles. The molecule has 0 unspecified atom stereocenters. The van der Waals surface area contributed by atoms with E-state index in [1.807, 2.05) is 0 Å². The van der Waals surface area contributed by atoms with Gasteiger partial charge in [-0.2, -0.15) is 0 Å². The fourth-order valence-corrected chi connectivity index (χ4v) is 7.05. The van der Waals surface area contributed by atoms with Crippen LogP contribution in [0.1, 0.15) is 38.5 Å². The Labute approximate surface area is 97.0 Å². The van der Waals surface area contributed by atoms with E-state index in [-0.39, 0.29) is 0 Å². The zero-order valence-corrected chi connectivity index (χ0v) is 9.77. The van der Waals surface area contributed by atoms with Gasteiger partial charge >= 0.3 is 0 Å². The van der Waals surface area contributed by atoms with Crippen LogP contribution in [0.25, 0.3) is 0 Å². The van der Waals surface area contributed by atoms with Crippen LogP contribution in [-0.4, -0.2) is 5.78 Å². The molecule has 0 aromatic rings. The van der Waals surface area contributed by atoms with Gasteiger partial charge in [-0.25, -0.2) is 0 Å². The van der Waals surface area contributed by atoms with Crippen LogP contribution in [0.4, 0.5) is 0 Å². The number of Topliss-reactive ketones (excluding diaryl/α,β-unsaturated/α-hetero) is 1. The molecule has 0 aliphatic heterocycles. The van der Waals surface area contributed by atoms with Gasteiger partial charge in [0.05, 0.1) is 0 Å². The molecule has 0 spiro atoms. The van der Waals surface area contributed by atoms with Gasteiger partial charge in [0.2, 0.25) is 0 Å². The molecule has 5 aliphatic rings. The highest BCUT2D eigenvalue weighted by Gasteiger charge is 2.67. The standard InChI is InChI=1S/C15H20O/c16-13-5-7-4-12(13)15-11-6-10(14(7)15)8-2-1-3-9(8)11/h7-12,14-15H,1-6H2/t7-,8+,9-,10-,11+,12+,14-,15-/m1/s1. The highest BCUT2D eigenvalue weighted by molar-refractivity contribution is 5.85. The molecule has 0 amide bonds. The smallest absolute Gasteiger partial charge is 0.136 e. The van der Waals surface area contributed by atoms with Gasteiger partial charge in [0.15, 0.2) is 0 Å². The highest BCUT2D eigenvalue weighted by Crippen LogP contribution is 2.72. The fourth-order valence-electron chi connectivity index (χ4n) is 7.05. The molecule has 4 bridgehead atoms. The van der Waals surface area contributed by atoms with Gasteiger partial charge in [0.25, 0.3) is 0 Å². The van der Waals surface area contributed by atoms with E-state index in [2.05, 4.69) is 0 Å². The summed E-state index contributed by atoms with van der Waals surface area (Å²) in [6, 6.07) is 0. The van der Waals surface area contributed by atoms with Gasteiger partial charge in [-0.1, -0.05) is 6.42 Å². The summed E-state index contributed by atoms with van der Waals surface area (Å²) >= 11 is 0. The average molecular weight is 216 g/mol. The normalized spacial score (nSPS) is 65.4. The van der Waals surface area contributed by atoms with Crippen LogP contribution in [0.2, 0.25) is 0 Å². The lowest BCUT2D eigenvalue weighted by Crippen LogP contribution is -2.38. The number of hydrogen-bond donors (Lipinski definition) is 0. The molecular formula is C15H20O. The van der Waals surface area contributed by atoms with Crippen LogP contribution in [0.3, 0.4) is 0 Å². The SMILES string of the molecule is O=C1C[C@H]2C[C@@H]1[C@H]1[C@H]3C[C@H]([C@H]4CCC[C@H]43)[C@@H]21. The van der Waals surface area contributed by atoms with Gasteiger partial charge in [-0.15, -0.1) is 0 Å². The molecule has 0 saturated heterocycles. The molecule has 5 fully saturated rings. The summed E-state index contributed by atoms with van der Waals surface area (Å²) in [4.78, 5) is 11.9. The van der Waals surface area contributed by atoms with Crippen LogP contribution < -0.4 is 0 Å². The van der Waals surface area contributed by atoms with E-state index >= 15 is 0 Å². The zero-order valence-electron chi connectivity index (χ0n) is 9.77. The first-order valence-electron chi connectivity index (χ1n) is 7.37. The molecule has 0 heterocycles. The predicted molar refractivity (Wildman–Crippen MR) is 60.6 cm³/mol. The van der Waals surface area contributed by atoms with E-state index < -0.39 is 0 Å². The Balaban J connectivity index is 1.59. The van der Waals surface area contributed by atoms with Gasteiger partial charge in [0, 0.05) is 12.3 Å². The van der Waals surface area contributed by atoms with Gasteiger partial charge < -0.3 is 0 Å². The quantitative estimate of drug-likeness (QED) is 0.569. The van der Waals surface area contributed by atoms with Crippen molar-refractivity contribution < 1.29 is 4.79 Å². The van der Waals surface area contributed by atoms with E-state index in [4.69, 9.17) is 0 Å². The Morgan fingerprint density at radius 1 is 0.875 bits per heavy atom. The Kier molecular flexibility index (Phi) is 1.40. The van der Waals surface area contributed by atoms with Crippen LogP contribution in [0.5, 0.6) is 0 Å². The van der Waals surface area contributed by atoms with Crippen molar-refractivity contribution in [1.82, 2.24) is 0 Å². The number of carbonyl (C=O) groups excluding carboxylic acids is 1. The molecule has 0 N–H and O–H groups in total. The molecule has 5 saturated carbocycles. The van der Waals surface area contributed by atoms with E-state index in [0.717, 1.165) is 47.8 Å². The fraction of sp³-hybridized carbons (Fsp3) is 0.933. The molecule has 0 radical (unpaired) electrons. The predicted octanol–water partition coefficient (Wildman–Crippen LogP) is 2.89. The lowest BCUT2D eigenvalue weighted by Gasteiger charge is -2.40. The first-order valence-corrected chi connectivity index (χ1v) is 7.37. The van der Waals surface area contributed by atoms with Crippen molar-refractivity contribution in [2.24, 2.45) is 47.3 Å². The Hall–Kier alpha value is -0.330. The summed E-state index contributed by atoms with van der Waals surface area (Å²) in [5.41, 5.74) is 0. The van der Waals surface area contributed by atoms with E-state index in [0.29, 0.717) is 11.7 Å². The number of carbonyl (C=O) groups is 1. The minimum atomic E-state index is 0.534. The van der Waals surface area contributed by atoms with Crippen molar-refractivity contribution in [3.05, 3.63) is 0 Å². The molecule has 0 aromatic carbocycles. The van der Waals surface area contributed by atoms with E-state index in [1.165, 1.54) is 32.1 Å². The van der Waals surface area contributed by atoms with Gasteiger partial charge in [0.1, 0.15) is 5.78 Å². The summed E-state index contributed by atoms with van der Waals surface area (Å²) in [5, 5.41) is 0. The topological polar surface area (TPSA) is 17.1 Å². The maximum Gasteiger partial charge on any atom is 0.136 e. The summed E-state index contributed by atoms with van der Waals surface area (Å²) < 4.78 is 0. The molecule has 86 valence electrons. The molecule has 16 heavy (non-hydrogen) atoms. The number of ketones is 1. The molecule has 5 aliphatic carbocycles. The number of rotatable bonds is 0. The molecule has 1 heteroatoms. The Morgan fingerprint density at radius 2 is 1.62 bits per heavy atom. The van der Waals surface area contributed by atoms with Crippen LogP contribution in [0.15, 0.2) is 0 Å². The second-order valence-corrected chi connectivity index (χ2v) is 7.25. The summed E-state index contributed by atoms with van der Waals surface area (Å²) in [7, 11) is 0. The maximum atomic E-state index is 11.9. The second kappa shape index (κ2) is 2.57. The third kappa shape index (κ3) is 0.762. The van der Waals surface area contributed by atoms with Crippen molar-refractivity contribution in [3.63, 3.8) is 0 Å². The van der Waals surface area contributed by atoms with Gasteiger partial charge in [-0.3, -0.25) is 4.79 Å². The first-order chi connectivity index (χ1) is 7.84. The lowest BCUT2D eigenvalue weighted by atomic mass is 9.64. The van der Waals surface area contributed by atoms with Crippen molar-refractivity contribution in [1.29, 1.82) is 0 Å². The molecule has 5 rings (SSSR count). The Bertz CT molecular complexity index is 374. The largest absolute Gasteiger partial charge is 0.299 e. The van der Waals surface area contributed by atoms with Crippen molar-refractivity contribution in [2.45, 2.75) is 38.5 Å².